The van der Waals surface area contributed by atoms with Crippen molar-refractivity contribution in [2.45, 2.75) is 31.7 Å². The van der Waals surface area contributed by atoms with Gasteiger partial charge in [0.15, 0.2) is 0 Å². The zero-order valence-corrected chi connectivity index (χ0v) is 11.8. The second kappa shape index (κ2) is 5.23. The zero-order valence-electron chi connectivity index (χ0n) is 11.0. The Morgan fingerprint density at radius 1 is 1.16 bits per heavy atom. The highest BCUT2D eigenvalue weighted by molar-refractivity contribution is 7.99. The van der Waals surface area contributed by atoms with Crippen LogP contribution in [0.25, 0.3) is 0 Å². The summed E-state index contributed by atoms with van der Waals surface area (Å²) in [4.78, 5) is 27.2. The summed E-state index contributed by atoms with van der Waals surface area (Å²) in [5, 5.41) is 9.18. The van der Waals surface area contributed by atoms with Crippen molar-refractivity contribution >= 4 is 23.8 Å². The van der Waals surface area contributed by atoms with E-state index in [4.69, 9.17) is 0 Å². The number of carboxylic acid groups (broad SMARTS) is 1. The van der Waals surface area contributed by atoms with Gasteiger partial charge < -0.3 is 14.9 Å². The quantitative estimate of drug-likeness (QED) is 0.834. The SMILES string of the molecule is O=C(O)C1CSCN1C(=O)N(CC1CC1)CC1CC1. The van der Waals surface area contributed by atoms with Crippen LogP contribution in [0.1, 0.15) is 25.7 Å². The molecule has 1 heterocycles. The maximum Gasteiger partial charge on any atom is 0.327 e. The molecule has 1 aliphatic heterocycles. The molecule has 3 fully saturated rings. The van der Waals surface area contributed by atoms with Crippen LogP contribution >= 0.6 is 11.8 Å². The predicted octanol–water partition coefficient (Wildman–Crippen LogP) is 1.69. The molecule has 0 aromatic heterocycles. The number of hydrogen-bond acceptors (Lipinski definition) is 3. The molecule has 19 heavy (non-hydrogen) atoms. The van der Waals surface area contributed by atoms with Gasteiger partial charge in [0.1, 0.15) is 6.04 Å². The first kappa shape index (κ1) is 13.1. The van der Waals surface area contributed by atoms with Gasteiger partial charge in [0, 0.05) is 18.8 Å². The van der Waals surface area contributed by atoms with Crippen molar-refractivity contribution in [2.75, 3.05) is 24.7 Å². The van der Waals surface area contributed by atoms with Crippen molar-refractivity contribution in [3.63, 3.8) is 0 Å². The lowest BCUT2D eigenvalue weighted by molar-refractivity contribution is -0.140. The van der Waals surface area contributed by atoms with Crippen LogP contribution < -0.4 is 0 Å². The summed E-state index contributed by atoms with van der Waals surface area (Å²) in [5.41, 5.74) is 0. The van der Waals surface area contributed by atoms with Crippen LogP contribution in [0.5, 0.6) is 0 Å². The molecule has 2 saturated carbocycles. The molecule has 0 aromatic carbocycles. The molecule has 2 amide bonds. The third kappa shape index (κ3) is 3.16. The van der Waals surface area contributed by atoms with Crippen molar-refractivity contribution in [1.29, 1.82) is 0 Å². The number of aliphatic carboxylic acids is 1. The summed E-state index contributed by atoms with van der Waals surface area (Å²) in [6, 6.07) is -0.699. The molecular formula is C13H20N2O3S. The molecule has 5 nitrogen and oxygen atoms in total. The Morgan fingerprint density at radius 3 is 2.21 bits per heavy atom. The van der Waals surface area contributed by atoms with Gasteiger partial charge >= 0.3 is 12.0 Å². The van der Waals surface area contributed by atoms with E-state index in [2.05, 4.69) is 0 Å². The van der Waals surface area contributed by atoms with E-state index < -0.39 is 12.0 Å². The first-order valence-electron chi connectivity index (χ1n) is 7.01. The first-order chi connectivity index (χ1) is 9.15. The summed E-state index contributed by atoms with van der Waals surface area (Å²) in [6.07, 6.45) is 4.86. The van der Waals surface area contributed by atoms with E-state index in [1.807, 2.05) is 4.90 Å². The number of rotatable bonds is 5. The van der Waals surface area contributed by atoms with Crippen LogP contribution in [0.15, 0.2) is 0 Å². The summed E-state index contributed by atoms with van der Waals surface area (Å²) in [7, 11) is 0. The van der Waals surface area contributed by atoms with Gasteiger partial charge in [-0.15, -0.1) is 11.8 Å². The van der Waals surface area contributed by atoms with Gasteiger partial charge in [-0.3, -0.25) is 0 Å². The second-order valence-corrected chi connectivity index (χ2v) is 6.90. The summed E-state index contributed by atoms with van der Waals surface area (Å²) >= 11 is 1.53. The van der Waals surface area contributed by atoms with E-state index >= 15 is 0 Å². The van der Waals surface area contributed by atoms with Gasteiger partial charge in [-0.05, 0) is 37.5 Å². The van der Waals surface area contributed by atoms with E-state index in [1.54, 1.807) is 0 Å². The fourth-order valence-corrected chi connectivity index (χ4v) is 3.61. The van der Waals surface area contributed by atoms with Crippen molar-refractivity contribution in [1.82, 2.24) is 9.80 Å². The number of nitrogens with zero attached hydrogens (tertiary/aromatic N) is 2. The Hall–Kier alpha value is -0.910. The molecule has 106 valence electrons. The highest BCUT2D eigenvalue weighted by Gasteiger charge is 2.39. The lowest BCUT2D eigenvalue weighted by Gasteiger charge is -2.30. The largest absolute Gasteiger partial charge is 0.480 e. The molecule has 2 aliphatic carbocycles. The normalized spacial score (nSPS) is 26.5. The fourth-order valence-electron chi connectivity index (χ4n) is 2.47. The number of hydrogen-bond donors (Lipinski definition) is 1. The summed E-state index contributed by atoms with van der Waals surface area (Å²) in [6.45, 7) is 1.64. The molecule has 3 rings (SSSR count). The lowest BCUT2D eigenvalue weighted by atomic mass is 10.3. The van der Waals surface area contributed by atoms with Gasteiger partial charge in [-0.1, -0.05) is 0 Å². The monoisotopic (exact) mass is 284 g/mol. The van der Waals surface area contributed by atoms with Crippen molar-refractivity contribution < 1.29 is 14.7 Å². The highest BCUT2D eigenvalue weighted by atomic mass is 32.2. The van der Waals surface area contributed by atoms with Crippen molar-refractivity contribution in [3.8, 4) is 0 Å². The minimum absolute atomic E-state index is 0.0591. The smallest absolute Gasteiger partial charge is 0.327 e. The van der Waals surface area contributed by atoms with Crippen LogP contribution in [0.4, 0.5) is 4.79 Å². The molecule has 0 aromatic rings. The van der Waals surface area contributed by atoms with Crippen molar-refractivity contribution in [3.05, 3.63) is 0 Å². The third-order valence-electron chi connectivity index (χ3n) is 4.03. The maximum absolute atomic E-state index is 12.6. The molecule has 1 saturated heterocycles. The van der Waals surface area contributed by atoms with Crippen LogP contribution in [0, 0.1) is 11.8 Å². The molecule has 1 unspecified atom stereocenters. The van der Waals surface area contributed by atoms with E-state index in [1.165, 1.54) is 42.3 Å². The topological polar surface area (TPSA) is 60.9 Å². The van der Waals surface area contributed by atoms with Crippen LogP contribution in [-0.4, -0.2) is 57.7 Å². The highest BCUT2D eigenvalue weighted by Crippen LogP contribution is 2.35. The number of thioether (sulfide) groups is 1. The molecule has 3 aliphatic rings. The molecule has 6 heteroatoms. The van der Waals surface area contributed by atoms with E-state index in [0.717, 1.165) is 13.1 Å². The average Bonchev–Trinajstić information content (AvgIpc) is 3.29. The average molecular weight is 284 g/mol. The molecule has 1 N–H and O–H groups in total. The number of carboxylic acids is 1. The zero-order chi connectivity index (χ0) is 13.4. The van der Waals surface area contributed by atoms with Gasteiger partial charge in [-0.2, -0.15) is 0 Å². The predicted molar refractivity (Wildman–Crippen MR) is 73.0 cm³/mol. The minimum atomic E-state index is -0.879. The minimum Gasteiger partial charge on any atom is -0.480 e. The Morgan fingerprint density at radius 2 is 1.74 bits per heavy atom. The van der Waals surface area contributed by atoms with Crippen molar-refractivity contribution in [2.24, 2.45) is 11.8 Å². The third-order valence-corrected chi connectivity index (χ3v) is 5.05. The summed E-state index contributed by atoms with van der Waals surface area (Å²) < 4.78 is 0. The molecule has 0 spiro atoms. The number of urea groups is 1. The first-order valence-corrected chi connectivity index (χ1v) is 8.16. The van der Waals surface area contributed by atoms with Gasteiger partial charge in [0.2, 0.25) is 0 Å². The van der Waals surface area contributed by atoms with Crippen LogP contribution in [0.3, 0.4) is 0 Å². The standard InChI is InChI=1S/C13H20N2O3S/c16-12(17)11-7-19-8-15(11)13(18)14(5-9-1-2-9)6-10-3-4-10/h9-11H,1-8H2,(H,16,17). The van der Waals surface area contributed by atoms with E-state index in [0.29, 0.717) is 23.5 Å². The second-order valence-electron chi connectivity index (χ2n) is 5.90. The Bertz CT molecular complexity index is 368. The Labute approximate surface area is 117 Å². The van der Waals surface area contributed by atoms with E-state index in [-0.39, 0.29) is 6.03 Å². The van der Waals surface area contributed by atoms with Gasteiger partial charge in [0.25, 0.3) is 0 Å². The molecule has 1 atom stereocenters. The van der Waals surface area contributed by atoms with E-state index in [9.17, 15) is 14.7 Å². The number of amides is 2. The molecule has 0 radical (unpaired) electrons. The van der Waals surface area contributed by atoms with Crippen LogP contribution in [-0.2, 0) is 4.79 Å². The van der Waals surface area contributed by atoms with Gasteiger partial charge in [-0.25, -0.2) is 9.59 Å². The Kier molecular flexibility index (Phi) is 3.60. The number of carbonyl (C=O) groups is 2. The lowest BCUT2D eigenvalue weighted by Crippen LogP contribution is -2.49. The number of carbonyl (C=O) groups excluding carboxylic acids is 1. The maximum atomic E-state index is 12.6. The van der Waals surface area contributed by atoms with Crippen LogP contribution in [0.2, 0.25) is 0 Å². The molecule has 0 bridgehead atoms. The summed E-state index contributed by atoms with van der Waals surface area (Å²) in [5.74, 6) is 1.46. The Balaban J connectivity index is 1.65. The molecular weight excluding hydrogens is 264 g/mol. The van der Waals surface area contributed by atoms with Gasteiger partial charge in [0.05, 0.1) is 5.88 Å². The fraction of sp³-hybridized carbons (Fsp3) is 0.846.